The van der Waals surface area contributed by atoms with Gasteiger partial charge in [-0.3, -0.25) is 9.59 Å². The normalized spacial score (nSPS) is 15.1. The van der Waals surface area contributed by atoms with E-state index in [1.165, 1.54) is 0 Å². The topological polar surface area (TPSA) is 59.8 Å². The van der Waals surface area contributed by atoms with E-state index in [4.69, 9.17) is 20.8 Å². The van der Waals surface area contributed by atoms with Crippen LogP contribution in [0.1, 0.15) is 53.1 Å². The van der Waals surface area contributed by atoms with Gasteiger partial charge in [-0.05, 0) is 60.9 Å². The minimum atomic E-state index is -0.561. The summed E-state index contributed by atoms with van der Waals surface area (Å²) in [4.78, 5) is 28.9. The van der Waals surface area contributed by atoms with Crippen LogP contribution >= 0.6 is 11.6 Å². The molecule has 3 aromatic carbocycles. The molecule has 4 aromatic rings. The molecule has 172 valence electrons. The predicted molar refractivity (Wildman–Crippen MR) is 133 cm³/mol. The Morgan fingerprint density at radius 1 is 1.00 bits per heavy atom. The standard InChI is InChI=1S/C28H24ClNO4/c1-3-4-13-30-25(18-9-8-12-20(15-18)33-19-10-6-5-7-11-19)24-26(31)21-16-22(29)17(2)14-23(21)34-27(24)28(30)32/h5-12,14-16,25H,3-4,13H2,1-2H3/t25-/m0/s1. The Morgan fingerprint density at radius 2 is 1.76 bits per heavy atom. The van der Waals surface area contributed by atoms with Gasteiger partial charge in [-0.1, -0.05) is 55.3 Å². The zero-order chi connectivity index (χ0) is 23.8. The SMILES string of the molecule is CCCCN1C(=O)c2oc3cc(C)c(Cl)cc3c(=O)c2[C@@H]1c1cccc(Oc2ccccc2)c1. The molecule has 0 fully saturated rings. The van der Waals surface area contributed by atoms with Gasteiger partial charge in [0.2, 0.25) is 5.76 Å². The van der Waals surface area contributed by atoms with E-state index >= 15 is 0 Å². The highest BCUT2D eigenvalue weighted by molar-refractivity contribution is 6.32. The van der Waals surface area contributed by atoms with Crippen LogP contribution in [0.25, 0.3) is 11.0 Å². The number of hydrogen-bond acceptors (Lipinski definition) is 4. The van der Waals surface area contributed by atoms with E-state index in [1.54, 1.807) is 17.0 Å². The highest BCUT2D eigenvalue weighted by atomic mass is 35.5. The van der Waals surface area contributed by atoms with Crippen molar-refractivity contribution in [2.45, 2.75) is 32.7 Å². The lowest BCUT2D eigenvalue weighted by molar-refractivity contribution is 0.0725. The van der Waals surface area contributed by atoms with Crippen molar-refractivity contribution in [1.29, 1.82) is 0 Å². The smallest absolute Gasteiger partial charge is 0.290 e. The largest absolute Gasteiger partial charge is 0.457 e. The number of unbranched alkanes of at least 4 members (excludes halogenated alkanes) is 1. The second-order valence-electron chi connectivity index (χ2n) is 8.51. The van der Waals surface area contributed by atoms with Crippen LogP contribution in [0.5, 0.6) is 11.5 Å². The predicted octanol–water partition coefficient (Wildman–Crippen LogP) is 6.89. The van der Waals surface area contributed by atoms with Gasteiger partial charge in [-0.15, -0.1) is 0 Å². The number of carbonyl (C=O) groups is 1. The number of nitrogens with zero attached hydrogens (tertiary/aromatic N) is 1. The fourth-order valence-electron chi connectivity index (χ4n) is 4.42. The molecule has 0 aliphatic carbocycles. The lowest BCUT2D eigenvalue weighted by Gasteiger charge is -2.25. The third kappa shape index (κ3) is 3.86. The molecule has 0 spiro atoms. The van der Waals surface area contributed by atoms with Crippen molar-refractivity contribution in [3.63, 3.8) is 0 Å². The molecule has 1 aromatic heterocycles. The quantitative estimate of drug-likeness (QED) is 0.306. The van der Waals surface area contributed by atoms with E-state index in [0.717, 1.165) is 24.0 Å². The van der Waals surface area contributed by atoms with Gasteiger partial charge in [0.25, 0.3) is 5.91 Å². The van der Waals surface area contributed by atoms with E-state index in [-0.39, 0.29) is 17.1 Å². The number of fused-ring (bicyclic) bond motifs is 2. The van der Waals surface area contributed by atoms with Gasteiger partial charge >= 0.3 is 0 Å². The van der Waals surface area contributed by atoms with Crippen LogP contribution in [0.15, 0.2) is 75.9 Å². The van der Waals surface area contributed by atoms with Gasteiger partial charge in [0.1, 0.15) is 17.1 Å². The molecule has 5 rings (SSSR count). The molecule has 34 heavy (non-hydrogen) atoms. The van der Waals surface area contributed by atoms with E-state index in [0.29, 0.717) is 39.6 Å². The summed E-state index contributed by atoms with van der Waals surface area (Å²) in [5.41, 5.74) is 2.07. The molecule has 0 bridgehead atoms. The first-order valence-corrected chi connectivity index (χ1v) is 11.8. The van der Waals surface area contributed by atoms with E-state index in [2.05, 4.69) is 6.92 Å². The number of para-hydroxylation sites is 1. The minimum Gasteiger partial charge on any atom is -0.457 e. The minimum absolute atomic E-state index is 0.106. The maximum atomic E-state index is 13.7. The van der Waals surface area contributed by atoms with Crippen molar-refractivity contribution in [2.24, 2.45) is 0 Å². The molecule has 1 aliphatic rings. The summed E-state index contributed by atoms with van der Waals surface area (Å²) in [6.07, 6.45) is 1.73. The molecule has 2 heterocycles. The Morgan fingerprint density at radius 3 is 2.53 bits per heavy atom. The molecule has 0 N–H and O–H groups in total. The maximum absolute atomic E-state index is 13.7. The third-order valence-electron chi connectivity index (χ3n) is 6.15. The lowest BCUT2D eigenvalue weighted by Crippen LogP contribution is -2.30. The first-order valence-electron chi connectivity index (χ1n) is 11.4. The van der Waals surface area contributed by atoms with E-state index < -0.39 is 6.04 Å². The zero-order valence-electron chi connectivity index (χ0n) is 19.0. The van der Waals surface area contributed by atoms with Crippen LogP contribution in [0.2, 0.25) is 5.02 Å². The summed E-state index contributed by atoms with van der Waals surface area (Å²) in [6.45, 7) is 4.43. The lowest BCUT2D eigenvalue weighted by atomic mass is 9.98. The molecule has 1 amide bonds. The third-order valence-corrected chi connectivity index (χ3v) is 6.56. The molecular formula is C28H24ClNO4. The second kappa shape index (κ2) is 8.99. The summed E-state index contributed by atoms with van der Waals surface area (Å²) in [7, 11) is 0. The van der Waals surface area contributed by atoms with Crippen molar-refractivity contribution in [3.8, 4) is 11.5 Å². The number of rotatable bonds is 6. The maximum Gasteiger partial charge on any atom is 0.290 e. The second-order valence-corrected chi connectivity index (χ2v) is 8.92. The molecule has 6 heteroatoms. The summed E-state index contributed by atoms with van der Waals surface area (Å²) >= 11 is 6.31. The molecule has 0 saturated carbocycles. The Labute approximate surface area is 202 Å². The molecule has 5 nitrogen and oxygen atoms in total. The zero-order valence-corrected chi connectivity index (χ0v) is 19.8. The Balaban J connectivity index is 1.66. The molecule has 0 unspecified atom stereocenters. The number of amides is 1. The van der Waals surface area contributed by atoms with Crippen LogP contribution in [-0.2, 0) is 0 Å². The fraction of sp³-hybridized carbons (Fsp3) is 0.214. The Bertz CT molecular complexity index is 1440. The summed E-state index contributed by atoms with van der Waals surface area (Å²) in [5.74, 6) is 1.17. The van der Waals surface area contributed by atoms with Crippen LogP contribution in [0.3, 0.4) is 0 Å². The van der Waals surface area contributed by atoms with Crippen LogP contribution < -0.4 is 10.2 Å². The fourth-order valence-corrected chi connectivity index (χ4v) is 4.58. The Hall–Kier alpha value is -3.57. The molecule has 0 saturated heterocycles. The van der Waals surface area contributed by atoms with Gasteiger partial charge in [0, 0.05) is 11.6 Å². The highest BCUT2D eigenvalue weighted by Crippen LogP contribution is 2.40. The van der Waals surface area contributed by atoms with Gasteiger partial charge in [-0.2, -0.15) is 0 Å². The Kier molecular flexibility index (Phi) is 5.88. The van der Waals surface area contributed by atoms with Gasteiger partial charge in [0.05, 0.1) is 17.0 Å². The van der Waals surface area contributed by atoms with Gasteiger partial charge < -0.3 is 14.1 Å². The summed E-state index contributed by atoms with van der Waals surface area (Å²) < 4.78 is 12.1. The number of hydrogen-bond donors (Lipinski definition) is 0. The molecule has 0 radical (unpaired) electrons. The summed E-state index contributed by atoms with van der Waals surface area (Å²) in [5, 5.41) is 0.864. The van der Waals surface area contributed by atoms with Crippen molar-refractivity contribution in [2.75, 3.05) is 6.54 Å². The van der Waals surface area contributed by atoms with Crippen molar-refractivity contribution < 1.29 is 13.9 Å². The number of halogens is 1. The first-order chi connectivity index (χ1) is 16.5. The van der Waals surface area contributed by atoms with Crippen LogP contribution in [-0.4, -0.2) is 17.4 Å². The van der Waals surface area contributed by atoms with E-state index in [9.17, 15) is 9.59 Å². The number of aryl methyl sites for hydroxylation is 1. The average Bonchev–Trinajstić information content (AvgIpc) is 3.11. The van der Waals surface area contributed by atoms with Crippen molar-refractivity contribution in [3.05, 3.63) is 104 Å². The number of carbonyl (C=O) groups excluding carboxylic acids is 1. The first kappa shape index (κ1) is 22.2. The van der Waals surface area contributed by atoms with Crippen LogP contribution in [0, 0.1) is 6.92 Å². The summed E-state index contributed by atoms with van der Waals surface area (Å²) in [6, 6.07) is 19.8. The van der Waals surface area contributed by atoms with Crippen molar-refractivity contribution >= 4 is 28.5 Å². The highest BCUT2D eigenvalue weighted by Gasteiger charge is 2.42. The van der Waals surface area contributed by atoms with Gasteiger partial charge in [0.15, 0.2) is 5.43 Å². The molecule has 1 aliphatic heterocycles. The van der Waals surface area contributed by atoms with Crippen LogP contribution in [0.4, 0.5) is 0 Å². The van der Waals surface area contributed by atoms with E-state index in [1.807, 2.05) is 61.5 Å². The van der Waals surface area contributed by atoms with Crippen molar-refractivity contribution in [1.82, 2.24) is 4.90 Å². The van der Waals surface area contributed by atoms with Gasteiger partial charge in [-0.25, -0.2) is 0 Å². The average molecular weight is 474 g/mol. The number of ether oxygens (including phenoxy) is 1. The molecule has 1 atom stereocenters. The molecular weight excluding hydrogens is 450 g/mol. The number of benzene rings is 3. The monoisotopic (exact) mass is 473 g/mol.